The van der Waals surface area contributed by atoms with Gasteiger partial charge in [0, 0.05) is 25.1 Å². The van der Waals surface area contributed by atoms with Gasteiger partial charge in [-0.25, -0.2) is 4.98 Å². The van der Waals surface area contributed by atoms with E-state index in [1.165, 1.54) is 0 Å². The van der Waals surface area contributed by atoms with Gasteiger partial charge < -0.3 is 23.3 Å². The van der Waals surface area contributed by atoms with Crippen molar-refractivity contribution in [3.8, 4) is 11.5 Å². The highest BCUT2D eigenvalue weighted by Gasteiger charge is 2.26. The average Bonchev–Trinajstić information content (AvgIpc) is 3.49. The van der Waals surface area contributed by atoms with Gasteiger partial charge >= 0.3 is 0 Å². The summed E-state index contributed by atoms with van der Waals surface area (Å²) in [6.45, 7) is 5.42. The summed E-state index contributed by atoms with van der Waals surface area (Å²) < 4.78 is 22.6. The van der Waals surface area contributed by atoms with Gasteiger partial charge in [-0.3, -0.25) is 4.79 Å². The van der Waals surface area contributed by atoms with E-state index in [-0.39, 0.29) is 11.8 Å². The van der Waals surface area contributed by atoms with E-state index in [0.29, 0.717) is 31.2 Å². The molecule has 8 heteroatoms. The van der Waals surface area contributed by atoms with E-state index in [2.05, 4.69) is 10.1 Å². The zero-order chi connectivity index (χ0) is 25.1. The summed E-state index contributed by atoms with van der Waals surface area (Å²) in [6, 6.07) is 13.4. The van der Waals surface area contributed by atoms with Crippen molar-refractivity contribution in [2.75, 3.05) is 20.2 Å². The number of oxazole rings is 1. The van der Waals surface area contributed by atoms with Gasteiger partial charge in [0.25, 0.3) is 0 Å². The number of likely N-dealkylation sites (tertiary alicyclic amines) is 1. The molecule has 1 saturated heterocycles. The molecule has 0 unspecified atom stereocenters. The van der Waals surface area contributed by atoms with Crippen LogP contribution in [0.4, 0.5) is 0 Å². The Morgan fingerprint density at radius 2 is 1.94 bits per heavy atom. The minimum absolute atomic E-state index is 0.0104. The van der Waals surface area contributed by atoms with E-state index < -0.39 is 0 Å². The molecule has 4 aromatic rings. The molecule has 2 aromatic carbocycles. The number of aryl methyl sites for hydroxylation is 2. The second-order valence-corrected chi connectivity index (χ2v) is 8.95. The third-order valence-electron chi connectivity index (χ3n) is 6.63. The quantitative estimate of drug-likeness (QED) is 0.321. The normalized spacial score (nSPS) is 14.6. The molecule has 5 rings (SSSR count). The summed E-state index contributed by atoms with van der Waals surface area (Å²) in [5.74, 6) is 2.93. The fraction of sp³-hybridized carbons (Fsp3) is 0.321. The molecular formula is C28H29N3O5. The first-order valence-electron chi connectivity index (χ1n) is 12.1. The largest absolute Gasteiger partial charge is 0.493 e. The molecule has 0 radical (unpaired) electrons. The van der Waals surface area contributed by atoms with Crippen LogP contribution in [0, 0.1) is 13.8 Å². The van der Waals surface area contributed by atoms with Crippen LogP contribution in [0.2, 0.25) is 0 Å². The van der Waals surface area contributed by atoms with Crippen molar-refractivity contribution in [3.05, 3.63) is 77.0 Å². The third-order valence-corrected chi connectivity index (χ3v) is 6.63. The highest BCUT2D eigenvalue weighted by Crippen LogP contribution is 2.31. The first kappa shape index (κ1) is 23.7. The highest BCUT2D eigenvalue weighted by molar-refractivity contribution is 5.92. The van der Waals surface area contributed by atoms with E-state index >= 15 is 0 Å². The van der Waals surface area contributed by atoms with Crippen LogP contribution in [0.25, 0.3) is 17.2 Å². The number of carbonyl (C=O) groups excluding carboxylic acids is 1. The number of rotatable bonds is 7. The summed E-state index contributed by atoms with van der Waals surface area (Å²) >= 11 is 0. The van der Waals surface area contributed by atoms with Gasteiger partial charge in [0.05, 0.1) is 18.4 Å². The molecule has 0 atom stereocenters. The van der Waals surface area contributed by atoms with E-state index in [4.69, 9.17) is 18.4 Å². The zero-order valence-corrected chi connectivity index (χ0v) is 20.7. The maximum absolute atomic E-state index is 12.8. The molecule has 3 heterocycles. The van der Waals surface area contributed by atoms with Crippen LogP contribution >= 0.6 is 0 Å². The van der Waals surface area contributed by atoms with Gasteiger partial charge in [-0.15, -0.1) is 0 Å². The lowest BCUT2D eigenvalue weighted by Gasteiger charge is -2.29. The number of fused-ring (bicyclic) bond motifs is 1. The number of para-hydroxylation sites is 2. The summed E-state index contributed by atoms with van der Waals surface area (Å²) in [5.41, 5.74) is 4.27. The van der Waals surface area contributed by atoms with Gasteiger partial charge in [-0.1, -0.05) is 23.4 Å². The van der Waals surface area contributed by atoms with Crippen molar-refractivity contribution < 1.29 is 23.2 Å². The van der Waals surface area contributed by atoms with Gasteiger partial charge in [-0.2, -0.15) is 0 Å². The maximum Gasteiger partial charge on any atom is 0.246 e. The van der Waals surface area contributed by atoms with E-state index in [1.807, 2.05) is 61.2 Å². The smallest absolute Gasteiger partial charge is 0.246 e. The third kappa shape index (κ3) is 4.98. The van der Waals surface area contributed by atoms with Crippen molar-refractivity contribution in [3.63, 3.8) is 0 Å². The van der Waals surface area contributed by atoms with Gasteiger partial charge in [0.2, 0.25) is 5.91 Å². The van der Waals surface area contributed by atoms with Crippen LogP contribution in [0.5, 0.6) is 11.5 Å². The van der Waals surface area contributed by atoms with Crippen LogP contribution in [-0.2, 0) is 11.4 Å². The molecule has 1 aliphatic heterocycles. The first-order chi connectivity index (χ1) is 17.5. The second-order valence-electron chi connectivity index (χ2n) is 8.95. The molecule has 1 aliphatic rings. The lowest BCUT2D eigenvalue weighted by Crippen LogP contribution is -2.36. The molecule has 186 valence electrons. The van der Waals surface area contributed by atoms with Crippen LogP contribution in [-0.4, -0.2) is 41.1 Å². The number of piperidine rings is 1. The monoisotopic (exact) mass is 487 g/mol. The molecule has 0 N–H and O–H groups in total. The molecular weight excluding hydrogens is 458 g/mol. The lowest BCUT2D eigenvalue weighted by molar-refractivity contribution is -0.127. The number of carbonyl (C=O) groups is 1. The number of methoxy groups -OCH3 is 1. The number of hydrogen-bond donors (Lipinski definition) is 0. The molecule has 8 nitrogen and oxygen atoms in total. The number of benzene rings is 2. The number of nitrogens with zero attached hydrogens (tertiary/aromatic N) is 3. The predicted octanol–water partition coefficient (Wildman–Crippen LogP) is 5.44. The molecule has 2 aromatic heterocycles. The van der Waals surface area contributed by atoms with Gasteiger partial charge in [0.1, 0.15) is 17.9 Å². The zero-order valence-electron chi connectivity index (χ0n) is 20.7. The van der Waals surface area contributed by atoms with Crippen LogP contribution < -0.4 is 9.47 Å². The Balaban J connectivity index is 1.18. The lowest BCUT2D eigenvalue weighted by atomic mass is 9.96. The van der Waals surface area contributed by atoms with Crippen LogP contribution in [0.1, 0.15) is 47.2 Å². The van der Waals surface area contributed by atoms with Gasteiger partial charge in [-0.05, 0) is 62.6 Å². The Hall–Kier alpha value is -4.07. The van der Waals surface area contributed by atoms with Crippen molar-refractivity contribution >= 4 is 23.1 Å². The van der Waals surface area contributed by atoms with Crippen molar-refractivity contribution in [2.24, 2.45) is 0 Å². The minimum atomic E-state index is -0.0104. The van der Waals surface area contributed by atoms with E-state index in [1.54, 1.807) is 19.3 Å². The molecule has 0 bridgehead atoms. The van der Waals surface area contributed by atoms with Crippen molar-refractivity contribution in [2.45, 2.75) is 39.2 Å². The van der Waals surface area contributed by atoms with Crippen molar-refractivity contribution in [1.29, 1.82) is 0 Å². The summed E-state index contributed by atoms with van der Waals surface area (Å²) in [5, 5.41) is 3.95. The number of amides is 1. The topological polar surface area (TPSA) is 90.8 Å². The minimum Gasteiger partial charge on any atom is -0.493 e. The average molecular weight is 488 g/mol. The van der Waals surface area contributed by atoms with Crippen molar-refractivity contribution in [1.82, 2.24) is 15.0 Å². The molecule has 0 saturated carbocycles. The molecule has 1 amide bonds. The maximum atomic E-state index is 12.8. The fourth-order valence-corrected chi connectivity index (χ4v) is 4.45. The number of ether oxygens (including phenoxy) is 2. The number of hydrogen-bond acceptors (Lipinski definition) is 7. The SMILES string of the molecule is COc1cc(C=CC(=O)N2CCC(c3nc4ccccc4o3)CC2)ccc1OCc1c(C)noc1C. The predicted molar refractivity (Wildman–Crippen MR) is 135 cm³/mol. The Bertz CT molecular complexity index is 1340. The van der Waals surface area contributed by atoms with Gasteiger partial charge in [0.15, 0.2) is 23.0 Å². The summed E-state index contributed by atoms with van der Waals surface area (Å²) in [4.78, 5) is 19.3. The van der Waals surface area contributed by atoms with E-state index in [0.717, 1.165) is 52.4 Å². The standard InChI is InChI=1S/C28H29N3O5/c1-18-22(19(2)36-30-18)17-34-25-10-8-20(16-26(25)33-3)9-11-27(32)31-14-12-21(13-15-31)28-29-23-6-4-5-7-24(23)35-28/h4-11,16,21H,12-15,17H2,1-3H3. The number of aromatic nitrogens is 2. The molecule has 1 fully saturated rings. The fourth-order valence-electron chi connectivity index (χ4n) is 4.45. The van der Waals surface area contributed by atoms with E-state index in [9.17, 15) is 4.79 Å². The molecule has 0 spiro atoms. The molecule has 0 aliphatic carbocycles. The Kier molecular flexibility index (Phi) is 6.75. The Morgan fingerprint density at radius 1 is 1.14 bits per heavy atom. The first-order valence-corrected chi connectivity index (χ1v) is 12.1. The van der Waals surface area contributed by atoms with Crippen LogP contribution in [0.15, 0.2) is 57.5 Å². The second kappa shape index (κ2) is 10.3. The highest BCUT2D eigenvalue weighted by atomic mass is 16.5. The van der Waals surface area contributed by atoms with Crippen LogP contribution in [0.3, 0.4) is 0 Å². The summed E-state index contributed by atoms with van der Waals surface area (Å²) in [6.07, 6.45) is 5.07. The Labute approximate surface area is 209 Å². The summed E-state index contributed by atoms with van der Waals surface area (Å²) in [7, 11) is 1.60. The molecule has 36 heavy (non-hydrogen) atoms. The Morgan fingerprint density at radius 3 is 2.67 bits per heavy atom.